The summed E-state index contributed by atoms with van der Waals surface area (Å²) in [5.41, 5.74) is 6.25. The molecule has 7 heteroatoms. The van der Waals surface area contributed by atoms with Gasteiger partial charge in [0.1, 0.15) is 4.90 Å². The molecule has 0 aromatic carbocycles. The summed E-state index contributed by atoms with van der Waals surface area (Å²) in [6.07, 6.45) is 4.24. The van der Waals surface area contributed by atoms with E-state index in [9.17, 15) is 8.42 Å². The summed E-state index contributed by atoms with van der Waals surface area (Å²) in [5, 5.41) is 3.95. The third-order valence-electron chi connectivity index (χ3n) is 3.68. The smallest absolute Gasteiger partial charge is 0.246 e. The van der Waals surface area contributed by atoms with Crippen molar-refractivity contribution in [3.63, 3.8) is 0 Å². The third kappa shape index (κ3) is 3.96. The van der Waals surface area contributed by atoms with E-state index >= 15 is 0 Å². The predicted octanol–water partition coefficient (Wildman–Crippen LogP) is 1.81. The molecule has 1 atom stereocenters. The lowest BCUT2D eigenvalue weighted by Gasteiger charge is -2.15. The Morgan fingerprint density at radius 3 is 2.50 bits per heavy atom. The molecule has 0 fully saturated rings. The van der Waals surface area contributed by atoms with Crippen LogP contribution in [0.2, 0.25) is 0 Å². The molecular formula is C13H26N4O2S. The van der Waals surface area contributed by atoms with Crippen molar-refractivity contribution >= 4 is 15.8 Å². The van der Waals surface area contributed by atoms with E-state index in [0.717, 1.165) is 25.7 Å². The van der Waals surface area contributed by atoms with Crippen LogP contribution in [0.5, 0.6) is 0 Å². The Labute approximate surface area is 121 Å². The Morgan fingerprint density at radius 2 is 2.05 bits per heavy atom. The summed E-state index contributed by atoms with van der Waals surface area (Å²) in [7, 11) is -1.91. The van der Waals surface area contributed by atoms with E-state index in [0.29, 0.717) is 18.2 Å². The molecule has 0 amide bonds. The number of nitrogens with one attached hydrogen (secondary N) is 1. The highest BCUT2D eigenvalue weighted by atomic mass is 32.2. The predicted molar refractivity (Wildman–Crippen MR) is 80.9 cm³/mol. The van der Waals surface area contributed by atoms with Crippen molar-refractivity contribution in [2.75, 3.05) is 12.3 Å². The van der Waals surface area contributed by atoms with Crippen LogP contribution >= 0.6 is 0 Å². The highest BCUT2D eigenvalue weighted by Gasteiger charge is 2.25. The second kappa shape index (κ2) is 7.08. The van der Waals surface area contributed by atoms with Crippen molar-refractivity contribution in [1.82, 2.24) is 14.5 Å². The number of nitrogens with two attached hydrogens (primary N) is 1. The van der Waals surface area contributed by atoms with Gasteiger partial charge in [-0.25, -0.2) is 13.1 Å². The van der Waals surface area contributed by atoms with E-state index in [2.05, 4.69) is 23.7 Å². The summed E-state index contributed by atoms with van der Waals surface area (Å²) in [6, 6.07) is 0. The first-order valence-electron chi connectivity index (χ1n) is 7.12. The zero-order chi connectivity index (χ0) is 15.3. The molecule has 0 saturated carbocycles. The van der Waals surface area contributed by atoms with Gasteiger partial charge >= 0.3 is 0 Å². The fourth-order valence-corrected chi connectivity index (χ4v) is 3.63. The lowest BCUT2D eigenvalue weighted by atomic mass is 10.00. The second-order valence-electron chi connectivity index (χ2n) is 5.19. The highest BCUT2D eigenvalue weighted by Crippen LogP contribution is 2.21. The number of aryl methyl sites for hydroxylation is 1. The molecule has 0 aliphatic carbocycles. The number of sulfonamides is 1. The van der Waals surface area contributed by atoms with Crippen molar-refractivity contribution in [1.29, 1.82) is 0 Å². The average Bonchev–Trinajstić information content (AvgIpc) is 2.64. The largest absolute Gasteiger partial charge is 0.381 e. The molecule has 116 valence electrons. The van der Waals surface area contributed by atoms with Crippen molar-refractivity contribution in [3.8, 4) is 0 Å². The molecule has 1 unspecified atom stereocenters. The van der Waals surface area contributed by atoms with Crippen LogP contribution in [-0.2, 0) is 17.1 Å². The van der Waals surface area contributed by atoms with Crippen LogP contribution in [0.1, 0.15) is 45.2 Å². The first kappa shape index (κ1) is 17.0. The fourth-order valence-electron chi connectivity index (χ4n) is 2.19. The van der Waals surface area contributed by atoms with Crippen LogP contribution in [0, 0.1) is 12.8 Å². The van der Waals surface area contributed by atoms with Gasteiger partial charge in [0.15, 0.2) is 5.82 Å². The standard InChI is InChI=1S/C13H26N4O2S/c1-5-7-8-11(6-2)9-15-20(18,19)12-10(3)17(4)16-13(12)14/h11,15H,5-9H2,1-4H3,(H2,14,16). The minimum atomic E-state index is -3.59. The van der Waals surface area contributed by atoms with E-state index < -0.39 is 10.0 Å². The van der Waals surface area contributed by atoms with Gasteiger partial charge in [-0.15, -0.1) is 0 Å². The molecule has 1 aromatic rings. The lowest BCUT2D eigenvalue weighted by molar-refractivity contribution is 0.443. The van der Waals surface area contributed by atoms with Crippen LogP contribution in [-0.4, -0.2) is 24.7 Å². The molecule has 0 bridgehead atoms. The number of aromatic nitrogens is 2. The molecule has 0 aliphatic rings. The van der Waals surface area contributed by atoms with Gasteiger partial charge in [0.2, 0.25) is 10.0 Å². The van der Waals surface area contributed by atoms with Gasteiger partial charge < -0.3 is 5.73 Å². The van der Waals surface area contributed by atoms with Gasteiger partial charge in [0, 0.05) is 13.6 Å². The van der Waals surface area contributed by atoms with Crippen LogP contribution in [0.25, 0.3) is 0 Å². The first-order chi connectivity index (χ1) is 9.33. The van der Waals surface area contributed by atoms with E-state index in [4.69, 9.17) is 5.73 Å². The lowest BCUT2D eigenvalue weighted by Crippen LogP contribution is -2.30. The molecule has 1 rings (SSSR count). The zero-order valence-corrected chi connectivity index (χ0v) is 13.6. The number of nitrogen functional groups attached to an aromatic ring is 1. The maximum absolute atomic E-state index is 12.3. The fraction of sp³-hybridized carbons (Fsp3) is 0.769. The van der Waals surface area contributed by atoms with Gasteiger partial charge in [0.05, 0.1) is 5.69 Å². The summed E-state index contributed by atoms with van der Waals surface area (Å²) < 4.78 is 28.8. The minimum Gasteiger partial charge on any atom is -0.381 e. The van der Waals surface area contributed by atoms with E-state index in [1.165, 1.54) is 4.68 Å². The monoisotopic (exact) mass is 302 g/mol. The third-order valence-corrected chi connectivity index (χ3v) is 5.27. The van der Waals surface area contributed by atoms with Crippen LogP contribution < -0.4 is 10.5 Å². The van der Waals surface area contributed by atoms with Gasteiger partial charge in [-0.05, 0) is 19.3 Å². The summed E-state index contributed by atoms with van der Waals surface area (Å²) in [5.74, 6) is 0.419. The second-order valence-corrected chi connectivity index (χ2v) is 6.90. The minimum absolute atomic E-state index is 0.0547. The number of nitrogens with zero attached hydrogens (tertiary/aromatic N) is 2. The van der Waals surface area contributed by atoms with Gasteiger partial charge in [-0.2, -0.15) is 5.10 Å². The van der Waals surface area contributed by atoms with E-state index in [-0.39, 0.29) is 10.7 Å². The van der Waals surface area contributed by atoms with Crippen LogP contribution in [0.3, 0.4) is 0 Å². The number of hydrogen-bond donors (Lipinski definition) is 2. The van der Waals surface area contributed by atoms with Gasteiger partial charge in [-0.3, -0.25) is 4.68 Å². The molecule has 20 heavy (non-hydrogen) atoms. The molecular weight excluding hydrogens is 276 g/mol. The average molecular weight is 302 g/mol. The maximum Gasteiger partial charge on any atom is 0.246 e. The normalized spacial score (nSPS) is 13.6. The Kier molecular flexibility index (Phi) is 6.01. The van der Waals surface area contributed by atoms with Crippen LogP contribution in [0.15, 0.2) is 4.90 Å². The Morgan fingerprint density at radius 1 is 1.40 bits per heavy atom. The molecule has 1 aromatic heterocycles. The number of anilines is 1. The molecule has 6 nitrogen and oxygen atoms in total. The van der Waals surface area contributed by atoms with Crippen molar-refractivity contribution in [2.45, 2.75) is 51.3 Å². The number of rotatable bonds is 8. The summed E-state index contributed by atoms with van der Waals surface area (Å²) in [4.78, 5) is 0.102. The topological polar surface area (TPSA) is 90.0 Å². The van der Waals surface area contributed by atoms with Crippen molar-refractivity contribution < 1.29 is 8.42 Å². The molecule has 1 heterocycles. The highest BCUT2D eigenvalue weighted by molar-refractivity contribution is 7.89. The Balaban J connectivity index is 2.80. The molecule has 0 saturated heterocycles. The van der Waals surface area contributed by atoms with Gasteiger partial charge in [0.25, 0.3) is 0 Å². The molecule has 0 spiro atoms. The quantitative estimate of drug-likeness (QED) is 0.766. The van der Waals surface area contributed by atoms with Gasteiger partial charge in [-0.1, -0.05) is 33.1 Å². The van der Waals surface area contributed by atoms with E-state index in [1.54, 1.807) is 14.0 Å². The van der Waals surface area contributed by atoms with Crippen molar-refractivity contribution in [2.24, 2.45) is 13.0 Å². The Hall–Kier alpha value is -1.08. The molecule has 3 N–H and O–H groups in total. The number of hydrogen-bond acceptors (Lipinski definition) is 4. The Bertz CT molecular complexity index is 537. The number of unbranched alkanes of at least 4 members (excludes halogenated alkanes) is 1. The first-order valence-corrected chi connectivity index (χ1v) is 8.60. The molecule has 0 aliphatic heterocycles. The van der Waals surface area contributed by atoms with E-state index in [1.807, 2.05) is 0 Å². The SMILES string of the molecule is CCCCC(CC)CNS(=O)(=O)c1c(N)nn(C)c1C. The summed E-state index contributed by atoms with van der Waals surface area (Å²) in [6.45, 7) is 6.37. The zero-order valence-electron chi connectivity index (χ0n) is 12.8. The molecule has 0 radical (unpaired) electrons. The summed E-state index contributed by atoms with van der Waals surface area (Å²) >= 11 is 0. The van der Waals surface area contributed by atoms with Crippen molar-refractivity contribution in [3.05, 3.63) is 5.69 Å². The maximum atomic E-state index is 12.3. The van der Waals surface area contributed by atoms with Crippen LogP contribution in [0.4, 0.5) is 5.82 Å².